The topological polar surface area (TPSA) is 46.9 Å². The molecule has 0 fully saturated rings. The summed E-state index contributed by atoms with van der Waals surface area (Å²) in [7, 11) is 0. The summed E-state index contributed by atoms with van der Waals surface area (Å²) in [5.74, 6) is 0.635. The second-order valence-corrected chi connectivity index (χ2v) is 7.87. The van der Waals surface area contributed by atoms with E-state index in [1.165, 1.54) is 16.3 Å². The number of rotatable bonds is 5. The number of fused-ring (bicyclic) bond motifs is 2. The van der Waals surface area contributed by atoms with Crippen LogP contribution in [0.1, 0.15) is 21.7 Å². The predicted molar refractivity (Wildman–Crippen MR) is 125 cm³/mol. The lowest BCUT2D eigenvalue weighted by molar-refractivity contribution is 0.0949. The van der Waals surface area contributed by atoms with Crippen LogP contribution in [0.25, 0.3) is 21.8 Å². The molecule has 0 spiro atoms. The Bertz CT molecular complexity index is 1400. The van der Waals surface area contributed by atoms with Gasteiger partial charge in [0, 0.05) is 10.6 Å². The van der Waals surface area contributed by atoms with Crippen molar-refractivity contribution in [1.29, 1.82) is 0 Å². The first-order valence-electron chi connectivity index (χ1n) is 10.1. The van der Waals surface area contributed by atoms with Crippen LogP contribution in [0.4, 0.5) is 0 Å². The van der Waals surface area contributed by atoms with Crippen molar-refractivity contribution in [3.8, 4) is 0 Å². The first-order chi connectivity index (χ1) is 15.2. The number of amides is 1. The molecule has 0 aliphatic carbocycles. The molecular formula is C26H20ClN3O. The number of hydrogen-bond donors (Lipinski definition) is 1. The van der Waals surface area contributed by atoms with E-state index >= 15 is 0 Å². The minimum atomic E-state index is -0.175. The number of halogens is 1. The van der Waals surface area contributed by atoms with Crippen LogP contribution in [-0.2, 0) is 13.1 Å². The fourth-order valence-electron chi connectivity index (χ4n) is 3.93. The van der Waals surface area contributed by atoms with E-state index in [1.54, 1.807) is 24.3 Å². The summed E-state index contributed by atoms with van der Waals surface area (Å²) in [4.78, 5) is 17.4. The maximum atomic E-state index is 12.6. The van der Waals surface area contributed by atoms with E-state index in [1.807, 2.05) is 18.2 Å². The highest BCUT2D eigenvalue weighted by Gasteiger charge is 2.14. The van der Waals surface area contributed by atoms with E-state index in [4.69, 9.17) is 16.6 Å². The van der Waals surface area contributed by atoms with E-state index in [0.29, 0.717) is 23.7 Å². The standard InChI is InChI=1S/C26H20ClN3O/c27-21-11-6-9-19(15-21)26(31)28-16-25-29-23-13-3-4-14-24(23)30(25)17-20-10-5-8-18-7-1-2-12-22(18)20/h1-15H,16-17H2,(H,28,31). The summed E-state index contributed by atoms with van der Waals surface area (Å²) in [6.07, 6.45) is 0. The van der Waals surface area contributed by atoms with Crippen molar-refractivity contribution in [1.82, 2.24) is 14.9 Å². The first kappa shape index (κ1) is 19.3. The molecule has 1 aromatic heterocycles. The number of imidazole rings is 1. The molecule has 0 bridgehead atoms. The molecule has 5 rings (SSSR count). The van der Waals surface area contributed by atoms with Crippen molar-refractivity contribution in [2.75, 3.05) is 0 Å². The normalized spacial score (nSPS) is 11.1. The maximum absolute atomic E-state index is 12.6. The van der Waals surface area contributed by atoms with Crippen molar-refractivity contribution in [2.24, 2.45) is 0 Å². The smallest absolute Gasteiger partial charge is 0.251 e. The molecule has 5 aromatic rings. The van der Waals surface area contributed by atoms with Crippen LogP contribution in [0.2, 0.25) is 5.02 Å². The molecule has 1 amide bonds. The number of hydrogen-bond acceptors (Lipinski definition) is 2. The third kappa shape index (κ3) is 3.90. The van der Waals surface area contributed by atoms with Gasteiger partial charge in [-0.3, -0.25) is 4.79 Å². The summed E-state index contributed by atoms with van der Waals surface area (Å²) in [6.45, 7) is 0.995. The van der Waals surface area contributed by atoms with Crippen LogP contribution in [0.5, 0.6) is 0 Å². The average Bonchev–Trinajstić information content (AvgIpc) is 3.15. The Morgan fingerprint density at radius 3 is 2.58 bits per heavy atom. The average molecular weight is 426 g/mol. The van der Waals surface area contributed by atoms with E-state index < -0.39 is 0 Å². The molecule has 0 unspecified atom stereocenters. The predicted octanol–water partition coefficient (Wildman–Crippen LogP) is 5.82. The van der Waals surface area contributed by atoms with Gasteiger partial charge in [-0.05, 0) is 46.7 Å². The molecule has 4 nitrogen and oxygen atoms in total. The van der Waals surface area contributed by atoms with Gasteiger partial charge in [0.25, 0.3) is 5.91 Å². The van der Waals surface area contributed by atoms with Crippen molar-refractivity contribution in [3.63, 3.8) is 0 Å². The monoisotopic (exact) mass is 425 g/mol. The molecule has 0 atom stereocenters. The van der Waals surface area contributed by atoms with Crippen LogP contribution in [0, 0.1) is 0 Å². The third-order valence-corrected chi connectivity index (χ3v) is 5.67. The minimum absolute atomic E-state index is 0.175. The Balaban J connectivity index is 1.49. The zero-order valence-electron chi connectivity index (χ0n) is 16.8. The van der Waals surface area contributed by atoms with Crippen LogP contribution in [-0.4, -0.2) is 15.5 Å². The zero-order valence-corrected chi connectivity index (χ0v) is 17.5. The van der Waals surface area contributed by atoms with Crippen molar-refractivity contribution in [2.45, 2.75) is 13.1 Å². The fraction of sp³-hybridized carbons (Fsp3) is 0.0769. The Morgan fingerprint density at radius 2 is 1.68 bits per heavy atom. The molecule has 0 aliphatic heterocycles. The molecule has 4 aromatic carbocycles. The second-order valence-electron chi connectivity index (χ2n) is 7.43. The highest BCUT2D eigenvalue weighted by molar-refractivity contribution is 6.30. The van der Waals surface area contributed by atoms with Gasteiger partial charge in [-0.15, -0.1) is 0 Å². The van der Waals surface area contributed by atoms with Gasteiger partial charge in [-0.1, -0.05) is 72.3 Å². The summed E-state index contributed by atoms with van der Waals surface area (Å²) in [5, 5.41) is 5.95. The van der Waals surface area contributed by atoms with E-state index in [2.05, 4.69) is 58.4 Å². The number of carbonyl (C=O) groups is 1. The molecule has 5 heteroatoms. The van der Waals surface area contributed by atoms with E-state index in [0.717, 1.165) is 16.9 Å². The van der Waals surface area contributed by atoms with Gasteiger partial charge in [0.15, 0.2) is 0 Å². The Morgan fingerprint density at radius 1 is 0.903 bits per heavy atom. The molecule has 0 saturated carbocycles. The van der Waals surface area contributed by atoms with Crippen LogP contribution < -0.4 is 5.32 Å². The van der Waals surface area contributed by atoms with Gasteiger partial charge in [-0.2, -0.15) is 0 Å². The fourth-order valence-corrected chi connectivity index (χ4v) is 4.12. The molecule has 152 valence electrons. The SMILES string of the molecule is O=C(NCc1nc2ccccc2n1Cc1cccc2ccccc12)c1cccc(Cl)c1. The Labute approximate surface area is 185 Å². The van der Waals surface area contributed by atoms with Crippen molar-refractivity contribution in [3.05, 3.63) is 113 Å². The largest absolute Gasteiger partial charge is 0.345 e. The van der Waals surface area contributed by atoms with Gasteiger partial charge >= 0.3 is 0 Å². The lowest BCUT2D eigenvalue weighted by atomic mass is 10.0. The number of para-hydroxylation sites is 2. The maximum Gasteiger partial charge on any atom is 0.251 e. The molecule has 1 heterocycles. The van der Waals surface area contributed by atoms with Crippen LogP contribution >= 0.6 is 11.6 Å². The zero-order chi connectivity index (χ0) is 21.2. The highest BCUT2D eigenvalue weighted by Crippen LogP contribution is 2.23. The first-order valence-corrected chi connectivity index (χ1v) is 10.5. The molecule has 31 heavy (non-hydrogen) atoms. The summed E-state index contributed by atoms with van der Waals surface area (Å²) in [5.41, 5.74) is 3.70. The molecule has 0 aliphatic rings. The van der Waals surface area contributed by atoms with Gasteiger partial charge in [-0.25, -0.2) is 4.98 Å². The van der Waals surface area contributed by atoms with E-state index in [9.17, 15) is 4.79 Å². The number of nitrogens with one attached hydrogen (secondary N) is 1. The van der Waals surface area contributed by atoms with Crippen molar-refractivity contribution < 1.29 is 4.79 Å². The highest BCUT2D eigenvalue weighted by atomic mass is 35.5. The molecular weight excluding hydrogens is 406 g/mol. The lowest BCUT2D eigenvalue weighted by Gasteiger charge is -2.12. The molecule has 0 radical (unpaired) electrons. The Kier molecular flexibility index (Phi) is 5.14. The second kappa shape index (κ2) is 8.25. The third-order valence-electron chi connectivity index (χ3n) is 5.44. The number of benzene rings is 4. The van der Waals surface area contributed by atoms with Gasteiger partial charge in [0.1, 0.15) is 5.82 Å². The molecule has 0 saturated heterocycles. The quantitative estimate of drug-likeness (QED) is 0.385. The number of nitrogens with zero attached hydrogens (tertiary/aromatic N) is 2. The summed E-state index contributed by atoms with van der Waals surface area (Å²) < 4.78 is 2.18. The summed E-state index contributed by atoms with van der Waals surface area (Å²) >= 11 is 6.03. The van der Waals surface area contributed by atoms with Crippen LogP contribution in [0.15, 0.2) is 91.0 Å². The van der Waals surface area contributed by atoms with Gasteiger partial charge < -0.3 is 9.88 Å². The van der Waals surface area contributed by atoms with Gasteiger partial charge in [0.2, 0.25) is 0 Å². The lowest BCUT2D eigenvalue weighted by Crippen LogP contribution is -2.24. The Hall–Kier alpha value is -3.63. The van der Waals surface area contributed by atoms with Crippen LogP contribution in [0.3, 0.4) is 0 Å². The van der Waals surface area contributed by atoms with Gasteiger partial charge in [0.05, 0.1) is 24.1 Å². The number of carbonyl (C=O) groups excluding carboxylic acids is 1. The summed E-state index contributed by atoms with van der Waals surface area (Å²) in [6, 6.07) is 29.7. The number of aromatic nitrogens is 2. The van der Waals surface area contributed by atoms with E-state index in [-0.39, 0.29) is 5.91 Å². The molecule has 1 N–H and O–H groups in total. The minimum Gasteiger partial charge on any atom is -0.345 e. The van der Waals surface area contributed by atoms with Crippen molar-refractivity contribution >= 4 is 39.3 Å².